The maximum Gasteiger partial charge on any atom is 0.355 e. The molecule has 8 heteroatoms. The molecule has 0 fully saturated rings. The minimum absolute atomic E-state index is 0.0895. The smallest absolute Gasteiger partial charge is 0.355 e. The number of nitrogens with one attached hydrogen (secondary N) is 2. The van der Waals surface area contributed by atoms with Gasteiger partial charge in [0, 0.05) is 11.4 Å². The highest BCUT2D eigenvalue weighted by atomic mass is 16.5. The van der Waals surface area contributed by atoms with Crippen molar-refractivity contribution in [1.82, 2.24) is 4.98 Å². The second kappa shape index (κ2) is 8.86. The van der Waals surface area contributed by atoms with Gasteiger partial charge in [0.1, 0.15) is 5.69 Å². The van der Waals surface area contributed by atoms with Gasteiger partial charge in [0.25, 0.3) is 5.91 Å². The molecule has 1 amide bonds. The number of H-pyrrole nitrogens is 1. The second-order valence-electron chi connectivity index (χ2n) is 6.07. The molecule has 8 nitrogen and oxygen atoms in total. The molecule has 2 N–H and O–H groups in total. The van der Waals surface area contributed by atoms with Gasteiger partial charge in [0.15, 0.2) is 6.10 Å². The van der Waals surface area contributed by atoms with E-state index in [1.165, 1.54) is 13.0 Å². The van der Waals surface area contributed by atoms with Crippen molar-refractivity contribution in [3.8, 4) is 6.07 Å². The van der Waals surface area contributed by atoms with E-state index in [4.69, 9.17) is 14.7 Å². The first-order chi connectivity index (χ1) is 13.3. The highest BCUT2D eigenvalue weighted by molar-refractivity contribution is 6.00. The van der Waals surface area contributed by atoms with E-state index >= 15 is 0 Å². The minimum Gasteiger partial charge on any atom is -0.462 e. The molecule has 0 saturated heterocycles. The van der Waals surface area contributed by atoms with Crippen LogP contribution in [0.25, 0.3) is 0 Å². The van der Waals surface area contributed by atoms with Crippen LogP contribution in [0.2, 0.25) is 0 Å². The van der Waals surface area contributed by atoms with Crippen LogP contribution >= 0.6 is 0 Å². The number of ether oxygens (including phenoxy) is 2. The summed E-state index contributed by atoms with van der Waals surface area (Å²) in [5.74, 6) is -1.84. The van der Waals surface area contributed by atoms with Gasteiger partial charge in [-0.25, -0.2) is 9.59 Å². The SMILES string of the molecule is CCOC(=O)c1c(C)[nH]c(C(=O)O[C@@H](C)C(=O)Nc2cccc(C#N)c2)c1C. The largest absolute Gasteiger partial charge is 0.462 e. The molecule has 0 bridgehead atoms. The van der Waals surface area contributed by atoms with Crippen molar-refractivity contribution in [1.29, 1.82) is 5.26 Å². The molecule has 1 aromatic heterocycles. The van der Waals surface area contributed by atoms with Gasteiger partial charge < -0.3 is 19.8 Å². The van der Waals surface area contributed by atoms with Crippen molar-refractivity contribution in [2.45, 2.75) is 33.8 Å². The predicted octanol–water partition coefficient (Wildman–Crippen LogP) is 2.86. The first kappa shape index (κ1) is 20.7. The number of amides is 1. The summed E-state index contributed by atoms with van der Waals surface area (Å²) in [4.78, 5) is 39.6. The average Bonchev–Trinajstić information content (AvgIpc) is 2.96. The van der Waals surface area contributed by atoms with Crippen LogP contribution in [-0.4, -0.2) is 35.5 Å². The van der Waals surface area contributed by atoms with Crippen LogP contribution in [0, 0.1) is 25.2 Å². The van der Waals surface area contributed by atoms with Crippen molar-refractivity contribution in [2.24, 2.45) is 0 Å². The zero-order chi connectivity index (χ0) is 20.8. The molecular weight excluding hydrogens is 362 g/mol. The van der Waals surface area contributed by atoms with Crippen LogP contribution in [0.5, 0.6) is 0 Å². The van der Waals surface area contributed by atoms with E-state index in [1.54, 1.807) is 39.0 Å². The Labute approximate surface area is 162 Å². The number of aromatic amines is 1. The number of benzene rings is 1. The third-order valence-electron chi connectivity index (χ3n) is 4.03. The quantitative estimate of drug-likeness (QED) is 0.740. The highest BCUT2D eigenvalue weighted by Crippen LogP contribution is 2.20. The number of hydrogen-bond acceptors (Lipinski definition) is 6. The van der Waals surface area contributed by atoms with Gasteiger partial charge in [-0.05, 0) is 51.5 Å². The molecule has 2 aromatic rings. The minimum atomic E-state index is -1.09. The van der Waals surface area contributed by atoms with E-state index in [1.807, 2.05) is 6.07 Å². The molecule has 0 radical (unpaired) electrons. The fraction of sp³-hybridized carbons (Fsp3) is 0.300. The number of carbonyl (C=O) groups excluding carboxylic acids is 3. The number of carbonyl (C=O) groups is 3. The van der Waals surface area contributed by atoms with E-state index in [9.17, 15) is 14.4 Å². The molecule has 1 heterocycles. The van der Waals surface area contributed by atoms with Crippen LogP contribution in [0.4, 0.5) is 5.69 Å². The van der Waals surface area contributed by atoms with Gasteiger partial charge in [0.05, 0.1) is 23.8 Å². The van der Waals surface area contributed by atoms with Crippen LogP contribution < -0.4 is 5.32 Å². The van der Waals surface area contributed by atoms with Crippen molar-refractivity contribution in [3.05, 3.63) is 52.3 Å². The predicted molar refractivity (Wildman–Crippen MR) is 101 cm³/mol. The number of anilines is 1. The van der Waals surface area contributed by atoms with E-state index in [2.05, 4.69) is 10.3 Å². The lowest BCUT2D eigenvalue weighted by atomic mass is 10.1. The van der Waals surface area contributed by atoms with Crippen molar-refractivity contribution in [2.75, 3.05) is 11.9 Å². The first-order valence-electron chi connectivity index (χ1n) is 8.66. The van der Waals surface area contributed by atoms with Crippen LogP contribution in [-0.2, 0) is 14.3 Å². The van der Waals surface area contributed by atoms with Gasteiger partial charge in [0.2, 0.25) is 0 Å². The first-order valence-corrected chi connectivity index (χ1v) is 8.66. The van der Waals surface area contributed by atoms with Crippen molar-refractivity contribution < 1.29 is 23.9 Å². The lowest BCUT2D eigenvalue weighted by Crippen LogP contribution is -2.30. The second-order valence-corrected chi connectivity index (χ2v) is 6.07. The highest BCUT2D eigenvalue weighted by Gasteiger charge is 2.26. The normalized spacial score (nSPS) is 11.2. The Bertz CT molecular complexity index is 955. The summed E-state index contributed by atoms with van der Waals surface area (Å²) >= 11 is 0. The molecule has 0 spiro atoms. The number of aromatic nitrogens is 1. The van der Waals surface area contributed by atoms with Gasteiger partial charge in [-0.1, -0.05) is 6.07 Å². The lowest BCUT2D eigenvalue weighted by Gasteiger charge is -2.13. The number of nitriles is 1. The Balaban J connectivity index is 2.09. The number of rotatable bonds is 6. The molecule has 0 aliphatic carbocycles. The van der Waals surface area contributed by atoms with E-state index in [0.29, 0.717) is 22.5 Å². The summed E-state index contributed by atoms with van der Waals surface area (Å²) in [7, 11) is 0. The van der Waals surface area contributed by atoms with Crippen LogP contribution in [0.3, 0.4) is 0 Å². The summed E-state index contributed by atoms with van der Waals surface area (Å²) in [6.45, 7) is 6.58. The molecule has 1 atom stereocenters. The maximum absolute atomic E-state index is 12.5. The Kier molecular flexibility index (Phi) is 6.55. The standard InChI is InChI=1S/C20H21N3O5/c1-5-27-19(25)16-11(2)17(22-12(16)3)20(26)28-13(4)18(24)23-15-8-6-7-14(9-15)10-21/h6-9,13,22H,5H2,1-4H3,(H,23,24)/t13-/m0/s1. The number of aryl methyl sites for hydroxylation is 1. The average molecular weight is 383 g/mol. The van der Waals surface area contributed by atoms with Crippen LogP contribution in [0.15, 0.2) is 24.3 Å². The number of nitrogens with zero attached hydrogens (tertiary/aromatic N) is 1. The number of esters is 2. The molecule has 0 saturated carbocycles. The molecule has 0 unspecified atom stereocenters. The summed E-state index contributed by atoms with van der Waals surface area (Å²) in [6.07, 6.45) is -1.09. The monoisotopic (exact) mass is 383 g/mol. The molecular formula is C20H21N3O5. The fourth-order valence-corrected chi connectivity index (χ4v) is 2.65. The summed E-state index contributed by atoms with van der Waals surface area (Å²) in [6, 6.07) is 8.35. The van der Waals surface area contributed by atoms with E-state index in [0.717, 1.165) is 0 Å². The van der Waals surface area contributed by atoms with E-state index < -0.39 is 23.9 Å². The topological polar surface area (TPSA) is 121 Å². The number of hydrogen-bond donors (Lipinski definition) is 2. The van der Waals surface area contributed by atoms with E-state index in [-0.39, 0.29) is 17.9 Å². The zero-order valence-electron chi connectivity index (χ0n) is 16.1. The Morgan fingerprint density at radius 2 is 1.96 bits per heavy atom. The molecule has 0 aliphatic heterocycles. The van der Waals surface area contributed by atoms with Gasteiger partial charge >= 0.3 is 11.9 Å². The van der Waals surface area contributed by atoms with Gasteiger partial charge in [-0.2, -0.15) is 5.26 Å². The third-order valence-corrected chi connectivity index (χ3v) is 4.03. The molecule has 2 rings (SSSR count). The zero-order valence-corrected chi connectivity index (χ0v) is 16.1. The molecule has 1 aromatic carbocycles. The molecule has 0 aliphatic rings. The Hall–Kier alpha value is -3.60. The van der Waals surface area contributed by atoms with Crippen LogP contribution in [0.1, 0.15) is 51.5 Å². The van der Waals surface area contributed by atoms with Crippen molar-refractivity contribution >= 4 is 23.5 Å². The third kappa shape index (κ3) is 4.57. The summed E-state index contributed by atoms with van der Waals surface area (Å²) in [5.41, 5.74) is 2.06. The lowest BCUT2D eigenvalue weighted by molar-refractivity contribution is -0.123. The molecule has 28 heavy (non-hydrogen) atoms. The van der Waals surface area contributed by atoms with Gasteiger partial charge in [-0.3, -0.25) is 4.79 Å². The summed E-state index contributed by atoms with van der Waals surface area (Å²) < 4.78 is 10.2. The van der Waals surface area contributed by atoms with Crippen molar-refractivity contribution in [3.63, 3.8) is 0 Å². The molecule has 146 valence electrons. The fourth-order valence-electron chi connectivity index (χ4n) is 2.65. The van der Waals surface area contributed by atoms with Gasteiger partial charge in [-0.15, -0.1) is 0 Å². The summed E-state index contributed by atoms with van der Waals surface area (Å²) in [5, 5.41) is 11.5. The maximum atomic E-state index is 12.5. The Morgan fingerprint density at radius 3 is 2.61 bits per heavy atom. The Morgan fingerprint density at radius 1 is 1.25 bits per heavy atom.